The Kier molecular flexibility index (Phi) is 9.72. The van der Waals surface area contributed by atoms with Crippen LogP contribution in [0, 0.1) is 0 Å². The monoisotopic (exact) mass is 324 g/mol. The molecule has 0 radical (unpaired) electrons. The fourth-order valence-electron chi connectivity index (χ4n) is 1.55. The number of carbonyl (C=O) groups excluding carboxylic acids is 1. The standard InChI is InChI=1S/C12H24N2O6S/c1-20-8-5-3-4-7-13-12(17)14-10(11(15)16)6-9-21(2,18)19/h10H,3-9H2,1-2H3,(H,15,16)(H2,13,14,17). The Morgan fingerprint density at radius 2 is 1.90 bits per heavy atom. The normalized spacial score (nSPS) is 12.7. The Hall–Kier alpha value is -1.35. The van der Waals surface area contributed by atoms with Crippen LogP contribution in [0.3, 0.4) is 0 Å². The predicted octanol–water partition coefficient (Wildman–Crippen LogP) is -0.00980. The molecule has 0 aromatic rings. The molecule has 0 aromatic carbocycles. The number of unbranched alkanes of at least 4 members (excludes halogenated alkanes) is 2. The van der Waals surface area contributed by atoms with Gasteiger partial charge in [-0.15, -0.1) is 0 Å². The van der Waals surface area contributed by atoms with E-state index in [1.807, 2.05) is 0 Å². The molecule has 0 spiro atoms. The fraction of sp³-hybridized carbons (Fsp3) is 0.833. The van der Waals surface area contributed by atoms with Gasteiger partial charge in [0, 0.05) is 26.5 Å². The highest BCUT2D eigenvalue weighted by atomic mass is 32.2. The van der Waals surface area contributed by atoms with E-state index in [1.54, 1.807) is 7.11 Å². The lowest BCUT2D eigenvalue weighted by molar-refractivity contribution is -0.139. The number of carboxylic acid groups (broad SMARTS) is 1. The third-order valence-electron chi connectivity index (χ3n) is 2.69. The van der Waals surface area contributed by atoms with E-state index in [2.05, 4.69) is 10.6 Å². The van der Waals surface area contributed by atoms with Crippen LogP contribution in [-0.2, 0) is 19.4 Å². The van der Waals surface area contributed by atoms with Gasteiger partial charge in [0.05, 0.1) is 5.75 Å². The van der Waals surface area contributed by atoms with Gasteiger partial charge in [-0.05, 0) is 25.7 Å². The van der Waals surface area contributed by atoms with Crippen molar-refractivity contribution in [3.8, 4) is 0 Å². The molecule has 9 heteroatoms. The zero-order valence-corrected chi connectivity index (χ0v) is 13.2. The highest BCUT2D eigenvalue weighted by Crippen LogP contribution is 1.98. The SMILES string of the molecule is COCCCCCNC(=O)NC(CCS(C)(=O)=O)C(=O)O. The van der Waals surface area contributed by atoms with Crippen LogP contribution < -0.4 is 10.6 Å². The second-order valence-corrected chi connectivity index (χ2v) is 7.02. The lowest BCUT2D eigenvalue weighted by Crippen LogP contribution is -2.46. The Morgan fingerprint density at radius 3 is 2.43 bits per heavy atom. The van der Waals surface area contributed by atoms with E-state index in [0.29, 0.717) is 13.2 Å². The third-order valence-corrected chi connectivity index (χ3v) is 3.67. The van der Waals surface area contributed by atoms with Crippen molar-refractivity contribution in [2.45, 2.75) is 31.7 Å². The van der Waals surface area contributed by atoms with Gasteiger partial charge in [0.2, 0.25) is 0 Å². The molecule has 0 aliphatic heterocycles. The molecule has 3 N–H and O–H groups in total. The number of hydrogen-bond acceptors (Lipinski definition) is 5. The van der Waals surface area contributed by atoms with Gasteiger partial charge < -0.3 is 20.5 Å². The summed E-state index contributed by atoms with van der Waals surface area (Å²) in [4.78, 5) is 22.5. The molecule has 0 heterocycles. The van der Waals surface area contributed by atoms with E-state index in [4.69, 9.17) is 9.84 Å². The Labute approximate surface area is 125 Å². The summed E-state index contributed by atoms with van der Waals surface area (Å²) in [5, 5.41) is 13.7. The molecular weight excluding hydrogens is 300 g/mol. The maximum Gasteiger partial charge on any atom is 0.326 e. The van der Waals surface area contributed by atoms with Crippen molar-refractivity contribution < 1.29 is 27.9 Å². The Morgan fingerprint density at radius 1 is 1.24 bits per heavy atom. The zero-order valence-electron chi connectivity index (χ0n) is 12.4. The average molecular weight is 324 g/mol. The number of sulfone groups is 1. The lowest BCUT2D eigenvalue weighted by atomic mass is 10.2. The molecule has 124 valence electrons. The van der Waals surface area contributed by atoms with E-state index < -0.39 is 27.9 Å². The minimum Gasteiger partial charge on any atom is -0.480 e. The molecule has 21 heavy (non-hydrogen) atoms. The van der Waals surface area contributed by atoms with Crippen LogP contribution in [0.1, 0.15) is 25.7 Å². The van der Waals surface area contributed by atoms with Crippen molar-refractivity contribution in [2.75, 3.05) is 32.3 Å². The van der Waals surface area contributed by atoms with Gasteiger partial charge in [-0.1, -0.05) is 0 Å². The molecule has 0 aromatic heterocycles. The molecule has 1 unspecified atom stereocenters. The Bertz CT molecular complexity index is 423. The predicted molar refractivity (Wildman–Crippen MR) is 78.0 cm³/mol. The van der Waals surface area contributed by atoms with Crippen LogP contribution in [0.25, 0.3) is 0 Å². The number of methoxy groups -OCH3 is 1. The van der Waals surface area contributed by atoms with Crippen LogP contribution in [0.5, 0.6) is 0 Å². The van der Waals surface area contributed by atoms with Crippen LogP contribution in [-0.4, -0.2) is 63.8 Å². The minimum absolute atomic E-state index is 0.157. The van der Waals surface area contributed by atoms with Crippen molar-refractivity contribution >= 4 is 21.8 Å². The van der Waals surface area contributed by atoms with E-state index in [-0.39, 0.29) is 12.2 Å². The first-order valence-electron chi connectivity index (χ1n) is 6.70. The molecular formula is C12H24N2O6S. The highest BCUT2D eigenvalue weighted by Gasteiger charge is 2.21. The molecule has 0 fully saturated rings. The van der Waals surface area contributed by atoms with E-state index >= 15 is 0 Å². The second-order valence-electron chi connectivity index (χ2n) is 4.76. The minimum atomic E-state index is -3.27. The van der Waals surface area contributed by atoms with Crippen LogP contribution in [0.4, 0.5) is 4.79 Å². The quantitative estimate of drug-likeness (QED) is 0.460. The first kappa shape index (κ1) is 19.7. The summed E-state index contributed by atoms with van der Waals surface area (Å²) < 4.78 is 26.9. The molecule has 0 aliphatic carbocycles. The van der Waals surface area contributed by atoms with E-state index in [1.165, 1.54) is 0 Å². The first-order valence-corrected chi connectivity index (χ1v) is 8.76. The number of aliphatic carboxylic acids is 1. The number of hydrogen-bond donors (Lipinski definition) is 3. The number of carboxylic acids is 1. The third kappa shape index (κ3) is 12.1. The number of urea groups is 1. The summed E-state index contributed by atoms with van der Waals surface area (Å²) >= 11 is 0. The summed E-state index contributed by atoms with van der Waals surface area (Å²) in [7, 11) is -1.65. The van der Waals surface area contributed by atoms with Gasteiger partial charge in [-0.3, -0.25) is 0 Å². The van der Waals surface area contributed by atoms with Crippen LogP contribution >= 0.6 is 0 Å². The molecule has 2 amide bonds. The fourth-order valence-corrected chi connectivity index (χ4v) is 2.21. The lowest BCUT2D eigenvalue weighted by Gasteiger charge is -2.14. The molecule has 0 saturated heterocycles. The number of carbonyl (C=O) groups is 2. The summed E-state index contributed by atoms with van der Waals surface area (Å²) in [6.45, 7) is 1.09. The number of nitrogens with one attached hydrogen (secondary N) is 2. The molecule has 0 saturated carbocycles. The molecule has 0 rings (SSSR count). The van der Waals surface area contributed by atoms with Crippen molar-refractivity contribution in [2.24, 2.45) is 0 Å². The smallest absolute Gasteiger partial charge is 0.326 e. The van der Waals surface area contributed by atoms with Gasteiger partial charge >= 0.3 is 12.0 Å². The number of ether oxygens (including phenoxy) is 1. The first-order chi connectivity index (χ1) is 9.76. The van der Waals surface area contributed by atoms with Gasteiger partial charge in [0.25, 0.3) is 0 Å². The average Bonchev–Trinajstić information content (AvgIpc) is 2.37. The maximum atomic E-state index is 11.5. The van der Waals surface area contributed by atoms with Gasteiger partial charge in [0.15, 0.2) is 0 Å². The van der Waals surface area contributed by atoms with Crippen molar-refractivity contribution in [1.82, 2.24) is 10.6 Å². The summed E-state index contributed by atoms with van der Waals surface area (Å²) in [5.41, 5.74) is 0. The summed E-state index contributed by atoms with van der Waals surface area (Å²) in [5.74, 6) is -1.55. The van der Waals surface area contributed by atoms with E-state index in [0.717, 1.165) is 25.5 Å². The van der Waals surface area contributed by atoms with Crippen molar-refractivity contribution in [3.63, 3.8) is 0 Å². The molecule has 8 nitrogen and oxygen atoms in total. The summed E-state index contributed by atoms with van der Waals surface area (Å²) in [6.07, 6.45) is 3.41. The Balaban J connectivity index is 3.98. The topological polar surface area (TPSA) is 122 Å². The zero-order chi connectivity index (χ0) is 16.3. The largest absolute Gasteiger partial charge is 0.480 e. The van der Waals surface area contributed by atoms with Crippen LogP contribution in [0.15, 0.2) is 0 Å². The van der Waals surface area contributed by atoms with Crippen molar-refractivity contribution in [3.05, 3.63) is 0 Å². The number of amides is 2. The molecule has 0 bridgehead atoms. The van der Waals surface area contributed by atoms with Gasteiger partial charge in [-0.25, -0.2) is 18.0 Å². The van der Waals surface area contributed by atoms with Crippen LogP contribution in [0.2, 0.25) is 0 Å². The highest BCUT2D eigenvalue weighted by molar-refractivity contribution is 7.90. The van der Waals surface area contributed by atoms with Gasteiger partial charge in [0.1, 0.15) is 15.9 Å². The number of rotatable bonds is 11. The van der Waals surface area contributed by atoms with Gasteiger partial charge in [-0.2, -0.15) is 0 Å². The second kappa shape index (κ2) is 10.4. The maximum absolute atomic E-state index is 11.5. The van der Waals surface area contributed by atoms with E-state index in [9.17, 15) is 18.0 Å². The summed E-state index contributed by atoms with van der Waals surface area (Å²) in [6, 6.07) is -1.82. The molecule has 0 aliphatic rings. The van der Waals surface area contributed by atoms with Crippen molar-refractivity contribution in [1.29, 1.82) is 0 Å². The molecule has 1 atom stereocenters.